The van der Waals surface area contributed by atoms with Gasteiger partial charge in [-0.1, -0.05) is 19.1 Å². The number of nitrogens with one attached hydrogen (secondary N) is 1. The fraction of sp³-hybridized carbons (Fsp3) is 0.214. The summed E-state index contributed by atoms with van der Waals surface area (Å²) in [6.45, 7) is 3.63. The van der Waals surface area contributed by atoms with Crippen LogP contribution in [-0.4, -0.2) is 22.0 Å². The number of nitrogens with zero attached hydrogens (tertiary/aromatic N) is 1. The standard InChI is InChI=1S/C14H14N2O3/c1-3-11(17)16-12-8(2)4-5-9-10(12)6-7-15-13(9)14(18)19/h4-7H,3H2,1-2H3,(H,16,17)(H,18,19). The monoisotopic (exact) mass is 258 g/mol. The van der Waals surface area contributed by atoms with Gasteiger partial charge in [-0.05, 0) is 18.6 Å². The number of anilines is 1. The molecule has 1 aromatic heterocycles. The topological polar surface area (TPSA) is 79.3 Å². The van der Waals surface area contributed by atoms with Crippen LogP contribution < -0.4 is 5.32 Å². The molecule has 0 spiro atoms. The van der Waals surface area contributed by atoms with Gasteiger partial charge in [-0.3, -0.25) is 4.79 Å². The maximum Gasteiger partial charge on any atom is 0.355 e. The Bertz CT molecular complexity index is 665. The van der Waals surface area contributed by atoms with Crippen LogP contribution in [0.4, 0.5) is 5.69 Å². The van der Waals surface area contributed by atoms with Gasteiger partial charge in [0.2, 0.25) is 5.91 Å². The first kappa shape index (κ1) is 13.0. The number of carbonyl (C=O) groups excluding carboxylic acids is 1. The van der Waals surface area contributed by atoms with E-state index in [1.165, 1.54) is 6.20 Å². The summed E-state index contributed by atoms with van der Waals surface area (Å²) >= 11 is 0. The van der Waals surface area contributed by atoms with Crippen LogP contribution in [0, 0.1) is 6.92 Å². The number of carboxylic acids is 1. The normalized spacial score (nSPS) is 10.4. The third-order valence-electron chi connectivity index (χ3n) is 2.94. The highest BCUT2D eigenvalue weighted by Gasteiger charge is 2.14. The summed E-state index contributed by atoms with van der Waals surface area (Å²) in [5.41, 5.74) is 1.52. The molecule has 1 amide bonds. The predicted octanol–water partition coefficient (Wildman–Crippen LogP) is 2.59. The number of benzene rings is 1. The fourth-order valence-electron chi connectivity index (χ4n) is 1.93. The van der Waals surface area contributed by atoms with Crippen LogP contribution in [0.3, 0.4) is 0 Å². The zero-order chi connectivity index (χ0) is 14.0. The van der Waals surface area contributed by atoms with E-state index in [9.17, 15) is 9.59 Å². The molecule has 98 valence electrons. The second kappa shape index (κ2) is 5.06. The van der Waals surface area contributed by atoms with Gasteiger partial charge >= 0.3 is 5.97 Å². The van der Waals surface area contributed by atoms with Crippen LogP contribution in [-0.2, 0) is 4.79 Å². The Morgan fingerprint density at radius 2 is 2.00 bits per heavy atom. The molecule has 2 rings (SSSR count). The average molecular weight is 258 g/mol. The highest BCUT2D eigenvalue weighted by molar-refractivity contribution is 6.09. The van der Waals surface area contributed by atoms with Crippen molar-refractivity contribution in [2.45, 2.75) is 20.3 Å². The third-order valence-corrected chi connectivity index (χ3v) is 2.94. The number of rotatable bonds is 3. The molecule has 2 aromatic rings. The minimum atomic E-state index is -1.08. The lowest BCUT2D eigenvalue weighted by atomic mass is 10.0. The van der Waals surface area contributed by atoms with E-state index in [1.807, 2.05) is 6.92 Å². The number of aromatic nitrogens is 1. The Balaban J connectivity index is 2.69. The molecule has 0 aliphatic heterocycles. The molecule has 19 heavy (non-hydrogen) atoms. The Morgan fingerprint density at radius 3 is 2.63 bits per heavy atom. The molecular formula is C14H14N2O3. The molecule has 0 saturated heterocycles. The van der Waals surface area contributed by atoms with Gasteiger partial charge in [0.15, 0.2) is 5.69 Å². The van der Waals surface area contributed by atoms with E-state index in [4.69, 9.17) is 5.11 Å². The lowest BCUT2D eigenvalue weighted by Gasteiger charge is -2.12. The summed E-state index contributed by atoms with van der Waals surface area (Å²) in [7, 11) is 0. The van der Waals surface area contributed by atoms with Crippen LogP contribution in [0.15, 0.2) is 24.4 Å². The van der Waals surface area contributed by atoms with Gasteiger partial charge in [0.1, 0.15) is 0 Å². The van der Waals surface area contributed by atoms with Crippen molar-refractivity contribution in [2.75, 3.05) is 5.32 Å². The van der Waals surface area contributed by atoms with Gasteiger partial charge in [0.05, 0.1) is 5.69 Å². The smallest absolute Gasteiger partial charge is 0.355 e. The molecule has 5 nitrogen and oxygen atoms in total. The molecular weight excluding hydrogens is 244 g/mol. The molecule has 1 aromatic carbocycles. The van der Waals surface area contributed by atoms with Crippen molar-refractivity contribution < 1.29 is 14.7 Å². The molecule has 2 N–H and O–H groups in total. The van der Waals surface area contributed by atoms with Crippen LogP contribution in [0.2, 0.25) is 0 Å². The maximum absolute atomic E-state index is 11.6. The molecule has 5 heteroatoms. The van der Waals surface area contributed by atoms with E-state index in [1.54, 1.807) is 25.1 Å². The van der Waals surface area contributed by atoms with Crippen molar-refractivity contribution in [3.05, 3.63) is 35.7 Å². The number of hydrogen-bond donors (Lipinski definition) is 2. The van der Waals surface area contributed by atoms with Crippen molar-refractivity contribution in [2.24, 2.45) is 0 Å². The largest absolute Gasteiger partial charge is 0.476 e. The molecule has 0 fully saturated rings. The lowest BCUT2D eigenvalue weighted by Crippen LogP contribution is -2.11. The molecule has 0 aliphatic carbocycles. The summed E-state index contributed by atoms with van der Waals surface area (Å²) in [6.07, 6.45) is 1.81. The first-order valence-corrected chi connectivity index (χ1v) is 5.96. The number of pyridine rings is 1. The zero-order valence-electron chi connectivity index (χ0n) is 10.7. The van der Waals surface area contributed by atoms with Crippen LogP contribution >= 0.6 is 0 Å². The van der Waals surface area contributed by atoms with Gasteiger partial charge < -0.3 is 10.4 Å². The molecule has 0 saturated carbocycles. The number of aryl methyl sites for hydroxylation is 1. The summed E-state index contributed by atoms with van der Waals surface area (Å²) in [5, 5.41) is 13.1. The van der Waals surface area contributed by atoms with Crippen LogP contribution in [0.5, 0.6) is 0 Å². The number of amides is 1. The van der Waals surface area contributed by atoms with Crippen LogP contribution in [0.25, 0.3) is 10.8 Å². The highest BCUT2D eigenvalue weighted by atomic mass is 16.4. The second-order valence-corrected chi connectivity index (χ2v) is 4.22. The molecule has 0 radical (unpaired) electrons. The van der Waals surface area contributed by atoms with E-state index >= 15 is 0 Å². The Kier molecular flexibility index (Phi) is 3.46. The van der Waals surface area contributed by atoms with E-state index < -0.39 is 5.97 Å². The van der Waals surface area contributed by atoms with Crippen molar-refractivity contribution in [3.63, 3.8) is 0 Å². The first-order chi connectivity index (χ1) is 9.04. The van der Waals surface area contributed by atoms with Crippen LogP contribution in [0.1, 0.15) is 29.4 Å². The highest BCUT2D eigenvalue weighted by Crippen LogP contribution is 2.28. The number of aromatic carboxylic acids is 1. The molecule has 0 aliphatic rings. The molecule has 0 atom stereocenters. The maximum atomic E-state index is 11.6. The second-order valence-electron chi connectivity index (χ2n) is 4.22. The molecule has 1 heterocycles. The fourth-order valence-corrected chi connectivity index (χ4v) is 1.93. The predicted molar refractivity (Wildman–Crippen MR) is 72.4 cm³/mol. The van der Waals surface area contributed by atoms with Crippen molar-refractivity contribution in [1.82, 2.24) is 4.98 Å². The first-order valence-electron chi connectivity index (χ1n) is 5.96. The third kappa shape index (κ3) is 2.40. The number of hydrogen-bond acceptors (Lipinski definition) is 3. The summed E-state index contributed by atoms with van der Waals surface area (Å²) in [5.74, 6) is -1.19. The lowest BCUT2D eigenvalue weighted by molar-refractivity contribution is -0.115. The molecule has 0 unspecified atom stereocenters. The summed E-state index contributed by atoms with van der Waals surface area (Å²) < 4.78 is 0. The number of carbonyl (C=O) groups is 2. The van der Waals surface area contributed by atoms with Gasteiger partial charge in [0.25, 0.3) is 0 Å². The Labute approximate surface area is 110 Å². The van der Waals surface area contributed by atoms with Crippen molar-refractivity contribution >= 4 is 28.3 Å². The van der Waals surface area contributed by atoms with Gasteiger partial charge in [-0.25, -0.2) is 9.78 Å². The minimum absolute atomic E-state index is 0.00972. The van der Waals surface area contributed by atoms with Gasteiger partial charge in [0, 0.05) is 23.4 Å². The van der Waals surface area contributed by atoms with Crippen molar-refractivity contribution in [1.29, 1.82) is 0 Å². The zero-order valence-corrected chi connectivity index (χ0v) is 10.7. The van der Waals surface area contributed by atoms with Gasteiger partial charge in [-0.15, -0.1) is 0 Å². The van der Waals surface area contributed by atoms with Gasteiger partial charge in [-0.2, -0.15) is 0 Å². The quantitative estimate of drug-likeness (QED) is 0.886. The summed E-state index contributed by atoms with van der Waals surface area (Å²) in [4.78, 5) is 26.6. The van der Waals surface area contributed by atoms with Crippen molar-refractivity contribution in [3.8, 4) is 0 Å². The average Bonchev–Trinajstić information content (AvgIpc) is 2.40. The Hall–Kier alpha value is -2.43. The summed E-state index contributed by atoms with van der Waals surface area (Å²) in [6, 6.07) is 5.20. The van der Waals surface area contributed by atoms with E-state index in [0.717, 1.165) is 5.56 Å². The number of carboxylic acid groups (broad SMARTS) is 1. The minimum Gasteiger partial charge on any atom is -0.476 e. The molecule has 0 bridgehead atoms. The van der Waals surface area contributed by atoms with E-state index in [2.05, 4.69) is 10.3 Å². The Morgan fingerprint density at radius 1 is 1.26 bits per heavy atom. The van der Waals surface area contributed by atoms with E-state index in [-0.39, 0.29) is 11.6 Å². The van der Waals surface area contributed by atoms with E-state index in [0.29, 0.717) is 22.9 Å². The number of fused-ring (bicyclic) bond motifs is 1. The SMILES string of the molecule is CCC(=O)Nc1c(C)ccc2c(C(=O)O)nccc12.